The highest BCUT2D eigenvalue weighted by Gasteiger charge is 2.37. The number of ether oxygens (including phenoxy) is 2. The SMILES string of the molecule is [2H]C1([2H])Oc2ccc(-n3c(Cl)cc4c(=O)n(CC5(O)CCN(C(=O)c6cnc(C7CC7)o6)CC5)cnc43)cc2O1. The average Bonchev–Trinajstić information content (AvgIpc) is 3.40. The van der Waals surface area contributed by atoms with Crippen LogP contribution in [0.1, 0.15) is 50.8 Å². The zero-order valence-corrected chi connectivity index (χ0v) is 20.8. The van der Waals surface area contributed by atoms with Gasteiger partial charge in [-0.15, -0.1) is 0 Å². The molecule has 5 heterocycles. The van der Waals surface area contributed by atoms with Crippen LogP contribution in [-0.2, 0) is 6.54 Å². The molecule has 1 saturated carbocycles. The predicted molar refractivity (Wildman–Crippen MR) is 135 cm³/mol. The highest BCUT2D eigenvalue weighted by atomic mass is 35.5. The molecule has 0 spiro atoms. The molecule has 2 fully saturated rings. The van der Waals surface area contributed by atoms with Crippen molar-refractivity contribution in [1.29, 1.82) is 0 Å². The molecule has 3 aromatic heterocycles. The Bertz CT molecular complexity index is 1720. The summed E-state index contributed by atoms with van der Waals surface area (Å²) in [5.41, 5.74) is -0.766. The lowest BCUT2D eigenvalue weighted by atomic mass is 9.91. The molecule has 12 heteroatoms. The lowest BCUT2D eigenvalue weighted by molar-refractivity contribution is -0.0304. The number of aliphatic hydroxyl groups is 1. The molecule has 11 nitrogen and oxygen atoms in total. The number of oxazole rings is 1. The van der Waals surface area contributed by atoms with E-state index in [1.54, 1.807) is 27.7 Å². The van der Waals surface area contributed by atoms with Gasteiger partial charge in [0.2, 0.25) is 12.5 Å². The van der Waals surface area contributed by atoms with Crippen LogP contribution in [0.2, 0.25) is 5.15 Å². The molecule has 196 valence electrons. The van der Waals surface area contributed by atoms with Gasteiger partial charge in [0.1, 0.15) is 14.2 Å². The van der Waals surface area contributed by atoms with Gasteiger partial charge in [-0.3, -0.25) is 18.7 Å². The van der Waals surface area contributed by atoms with Crippen LogP contribution in [0.4, 0.5) is 0 Å². The van der Waals surface area contributed by atoms with Gasteiger partial charge in [-0.25, -0.2) is 9.97 Å². The molecule has 1 saturated heterocycles. The number of benzene rings is 1. The Balaban J connectivity index is 1.09. The number of amides is 1. The molecule has 3 aliphatic rings. The van der Waals surface area contributed by atoms with E-state index in [0.29, 0.717) is 36.2 Å². The maximum absolute atomic E-state index is 13.4. The van der Waals surface area contributed by atoms with Crippen LogP contribution in [0.5, 0.6) is 11.5 Å². The van der Waals surface area contributed by atoms with Gasteiger partial charge in [0.15, 0.2) is 23.0 Å². The monoisotopic (exact) mass is 539 g/mol. The summed E-state index contributed by atoms with van der Waals surface area (Å²) in [6.07, 6.45) is 5.45. The summed E-state index contributed by atoms with van der Waals surface area (Å²) in [6.45, 7) is -1.64. The van der Waals surface area contributed by atoms with Crippen molar-refractivity contribution in [2.45, 2.75) is 43.7 Å². The highest BCUT2D eigenvalue weighted by Crippen LogP contribution is 2.39. The largest absolute Gasteiger partial charge is 0.454 e. The lowest BCUT2D eigenvalue weighted by Crippen LogP contribution is -2.49. The van der Waals surface area contributed by atoms with Crippen LogP contribution < -0.4 is 15.0 Å². The fourth-order valence-corrected chi connectivity index (χ4v) is 5.30. The number of rotatable bonds is 5. The van der Waals surface area contributed by atoms with Gasteiger partial charge in [-0.1, -0.05) is 11.6 Å². The Morgan fingerprint density at radius 3 is 2.76 bits per heavy atom. The summed E-state index contributed by atoms with van der Waals surface area (Å²) < 4.78 is 34.1. The van der Waals surface area contributed by atoms with Crippen molar-refractivity contribution in [1.82, 2.24) is 24.0 Å². The van der Waals surface area contributed by atoms with Crippen LogP contribution in [0.25, 0.3) is 16.7 Å². The molecule has 0 bridgehead atoms. The number of carbonyl (C=O) groups excluding carboxylic acids is 1. The van der Waals surface area contributed by atoms with E-state index in [1.807, 2.05) is 0 Å². The van der Waals surface area contributed by atoms with Crippen molar-refractivity contribution in [3.8, 4) is 17.2 Å². The van der Waals surface area contributed by atoms with E-state index in [-0.39, 0.29) is 58.7 Å². The first-order chi connectivity index (χ1) is 19.1. The summed E-state index contributed by atoms with van der Waals surface area (Å²) >= 11 is 6.50. The Kier molecular flexibility index (Phi) is 4.79. The molecule has 7 rings (SSSR count). The number of carbonyl (C=O) groups is 1. The van der Waals surface area contributed by atoms with Crippen molar-refractivity contribution < 1.29 is 26.5 Å². The Morgan fingerprint density at radius 2 is 1.97 bits per heavy atom. The number of hydrogen-bond donors (Lipinski definition) is 1. The summed E-state index contributed by atoms with van der Waals surface area (Å²) in [7, 11) is 0. The minimum Gasteiger partial charge on any atom is -0.454 e. The molecule has 0 radical (unpaired) electrons. The van der Waals surface area contributed by atoms with E-state index < -0.39 is 12.3 Å². The first-order valence-electron chi connectivity index (χ1n) is 13.4. The average molecular weight is 540 g/mol. The molecule has 1 amide bonds. The number of likely N-dealkylation sites (tertiary alicyclic amines) is 1. The molecule has 2 aliphatic heterocycles. The van der Waals surface area contributed by atoms with Crippen molar-refractivity contribution in [2.24, 2.45) is 0 Å². The predicted octanol–water partition coefficient (Wildman–Crippen LogP) is 3.10. The van der Waals surface area contributed by atoms with E-state index in [0.717, 1.165) is 12.8 Å². The summed E-state index contributed by atoms with van der Waals surface area (Å²) in [4.78, 5) is 36.6. The maximum Gasteiger partial charge on any atom is 0.291 e. The molecule has 4 aromatic rings. The smallest absolute Gasteiger partial charge is 0.291 e. The third-order valence-electron chi connectivity index (χ3n) is 7.34. The number of aromatic nitrogens is 4. The van der Waals surface area contributed by atoms with E-state index >= 15 is 0 Å². The van der Waals surface area contributed by atoms with Gasteiger partial charge in [0.05, 0.1) is 29.4 Å². The van der Waals surface area contributed by atoms with Crippen molar-refractivity contribution in [3.05, 3.63) is 63.9 Å². The minimum absolute atomic E-state index is 0.00679. The van der Waals surface area contributed by atoms with Gasteiger partial charge in [0, 0.05) is 25.1 Å². The molecule has 1 aromatic carbocycles. The second-order valence-corrected chi connectivity index (χ2v) is 10.4. The van der Waals surface area contributed by atoms with Gasteiger partial charge in [-0.2, -0.15) is 0 Å². The van der Waals surface area contributed by atoms with Gasteiger partial charge in [-0.05, 0) is 43.9 Å². The first-order valence-corrected chi connectivity index (χ1v) is 12.7. The Labute approximate surface area is 224 Å². The molecule has 0 unspecified atom stereocenters. The standard InChI is InChI=1S/C26H24ClN5O6/c27-21-10-17-22(32(21)16-3-4-18-19(9-16)37-14-36-18)29-13-31(24(17)33)12-26(35)5-7-30(8-6-26)25(34)20-11-28-23(38-20)15-1-2-15/h3-4,9-11,13,15,35H,1-2,5-8,12,14H2/i14D2. The molecule has 1 aliphatic carbocycles. The second-order valence-electron chi connectivity index (χ2n) is 9.99. The molecular weight excluding hydrogens is 514 g/mol. The minimum atomic E-state index is -2.27. The number of halogens is 1. The Morgan fingerprint density at radius 1 is 1.18 bits per heavy atom. The van der Waals surface area contributed by atoms with E-state index in [4.69, 9.17) is 28.2 Å². The van der Waals surface area contributed by atoms with Crippen molar-refractivity contribution in [2.75, 3.05) is 19.8 Å². The number of nitrogens with zero attached hydrogens (tertiary/aromatic N) is 5. The maximum atomic E-state index is 13.4. The first kappa shape index (κ1) is 21.1. The third-order valence-corrected chi connectivity index (χ3v) is 7.61. The topological polar surface area (TPSA) is 125 Å². The van der Waals surface area contributed by atoms with Gasteiger partial charge < -0.3 is 23.9 Å². The fraction of sp³-hybridized carbons (Fsp3) is 0.385. The molecule has 38 heavy (non-hydrogen) atoms. The zero-order chi connectivity index (χ0) is 27.8. The van der Waals surface area contributed by atoms with Crippen LogP contribution >= 0.6 is 11.6 Å². The van der Waals surface area contributed by atoms with Gasteiger partial charge in [0.25, 0.3) is 11.5 Å². The van der Waals surface area contributed by atoms with Crippen LogP contribution in [0.15, 0.2) is 46.0 Å². The number of fused-ring (bicyclic) bond motifs is 2. The fourth-order valence-electron chi connectivity index (χ4n) is 5.02. The third kappa shape index (κ3) is 3.93. The van der Waals surface area contributed by atoms with Gasteiger partial charge >= 0.3 is 0 Å². The van der Waals surface area contributed by atoms with Crippen molar-refractivity contribution >= 4 is 28.5 Å². The summed E-state index contributed by atoms with van der Waals surface area (Å²) in [6, 6.07) is 6.28. The van der Waals surface area contributed by atoms with Crippen LogP contribution in [-0.4, -0.2) is 60.5 Å². The normalized spacial score (nSPS) is 20.4. The van der Waals surface area contributed by atoms with Crippen molar-refractivity contribution in [3.63, 3.8) is 0 Å². The Hall–Kier alpha value is -3.83. The number of hydrogen-bond acceptors (Lipinski definition) is 8. The lowest BCUT2D eigenvalue weighted by Gasteiger charge is -2.38. The molecule has 1 N–H and O–H groups in total. The quantitative estimate of drug-likeness (QED) is 0.410. The molecule has 0 atom stereocenters. The van der Waals surface area contributed by atoms with E-state index in [2.05, 4.69) is 9.97 Å². The van der Waals surface area contributed by atoms with E-state index in [9.17, 15) is 14.7 Å². The van der Waals surface area contributed by atoms with E-state index in [1.165, 1.54) is 23.2 Å². The highest BCUT2D eigenvalue weighted by molar-refractivity contribution is 6.31. The van der Waals surface area contributed by atoms with Crippen LogP contribution in [0, 0.1) is 0 Å². The number of piperidine rings is 1. The summed E-state index contributed by atoms with van der Waals surface area (Å²) in [5.74, 6) is 1.33. The molecular formula is C26H24ClN5O6. The van der Waals surface area contributed by atoms with Crippen LogP contribution in [0.3, 0.4) is 0 Å². The summed E-state index contributed by atoms with van der Waals surface area (Å²) in [5, 5.41) is 11.8. The second kappa shape index (κ2) is 8.60. The zero-order valence-electron chi connectivity index (χ0n) is 22.1.